The van der Waals surface area contributed by atoms with Crippen LogP contribution in [-0.4, -0.2) is 34.2 Å². The van der Waals surface area contributed by atoms with Crippen molar-refractivity contribution in [2.24, 2.45) is 0 Å². The quantitative estimate of drug-likeness (QED) is 0.655. The van der Waals surface area contributed by atoms with Gasteiger partial charge in [-0.05, 0) is 53.6 Å². The molecule has 0 aliphatic carbocycles. The molecule has 0 aromatic heterocycles. The Balaban J connectivity index is 2.21. The number of nitrogens with zero attached hydrogens (tertiary/aromatic N) is 1. The van der Waals surface area contributed by atoms with Gasteiger partial charge in [0.15, 0.2) is 0 Å². The fourth-order valence-corrected chi connectivity index (χ4v) is 4.29. The Labute approximate surface area is 186 Å². The second kappa shape index (κ2) is 9.73. The zero-order valence-electron chi connectivity index (χ0n) is 19.5. The largest absolute Gasteiger partial charge is 0.496 e. The number of rotatable bonds is 8. The molecule has 170 valence electrons. The molecule has 0 aliphatic heterocycles. The molecule has 0 saturated heterocycles. The van der Waals surface area contributed by atoms with E-state index in [4.69, 9.17) is 4.74 Å². The van der Waals surface area contributed by atoms with Gasteiger partial charge in [-0.15, -0.1) is 0 Å². The average molecular weight is 447 g/mol. The third-order valence-corrected chi connectivity index (χ3v) is 6.41. The number of carbonyl (C=O) groups excluding carboxylic acids is 1. The molecule has 7 heteroatoms. The van der Waals surface area contributed by atoms with E-state index in [2.05, 4.69) is 26.1 Å². The van der Waals surface area contributed by atoms with Gasteiger partial charge in [0.25, 0.3) is 0 Å². The fourth-order valence-electron chi connectivity index (χ4n) is 3.44. The maximum atomic E-state index is 12.8. The van der Waals surface area contributed by atoms with Crippen LogP contribution in [0.2, 0.25) is 0 Å². The number of methoxy groups -OCH3 is 1. The molecule has 2 aromatic carbocycles. The van der Waals surface area contributed by atoms with Crippen molar-refractivity contribution >= 4 is 21.6 Å². The van der Waals surface area contributed by atoms with Gasteiger partial charge >= 0.3 is 0 Å². The topological polar surface area (TPSA) is 75.7 Å². The van der Waals surface area contributed by atoms with Gasteiger partial charge in [-0.3, -0.25) is 9.10 Å². The van der Waals surface area contributed by atoms with Gasteiger partial charge in [-0.1, -0.05) is 52.0 Å². The van der Waals surface area contributed by atoms with Crippen LogP contribution < -0.4 is 14.4 Å². The molecule has 0 unspecified atom stereocenters. The van der Waals surface area contributed by atoms with Gasteiger partial charge < -0.3 is 10.1 Å². The number of ether oxygens (including phenoxy) is 1. The molecule has 0 saturated carbocycles. The van der Waals surface area contributed by atoms with Gasteiger partial charge in [0, 0.05) is 0 Å². The van der Waals surface area contributed by atoms with Crippen molar-refractivity contribution in [2.45, 2.75) is 52.5 Å². The van der Waals surface area contributed by atoms with E-state index < -0.39 is 10.0 Å². The van der Waals surface area contributed by atoms with Gasteiger partial charge in [-0.25, -0.2) is 8.42 Å². The molecule has 0 bridgehead atoms. The lowest BCUT2D eigenvalue weighted by Gasteiger charge is -2.25. The van der Waals surface area contributed by atoms with Crippen molar-refractivity contribution in [1.82, 2.24) is 5.32 Å². The Morgan fingerprint density at radius 2 is 1.74 bits per heavy atom. The van der Waals surface area contributed by atoms with Gasteiger partial charge in [0.1, 0.15) is 12.3 Å². The van der Waals surface area contributed by atoms with E-state index in [1.807, 2.05) is 44.2 Å². The summed E-state index contributed by atoms with van der Waals surface area (Å²) >= 11 is 0. The number of benzene rings is 2. The van der Waals surface area contributed by atoms with Crippen LogP contribution in [0.3, 0.4) is 0 Å². The molecule has 0 radical (unpaired) electrons. The van der Waals surface area contributed by atoms with Gasteiger partial charge in [0.2, 0.25) is 15.9 Å². The Bertz CT molecular complexity index is 1010. The monoisotopic (exact) mass is 446 g/mol. The minimum atomic E-state index is -3.63. The molecule has 2 aromatic rings. The Morgan fingerprint density at radius 3 is 2.19 bits per heavy atom. The highest BCUT2D eigenvalue weighted by Crippen LogP contribution is 2.27. The zero-order valence-corrected chi connectivity index (χ0v) is 20.3. The van der Waals surface area contributed by atoms with Crippen molar-refractivity contribution in [3.63, 3.8) is 0 Å². The average Bonchev–Trinajstić information content (AvgIpc) is 2.68. The van der Waals surface area contributed by atoms with Crippen LogP contribution in [0, 0.1) is 6.92 Å². The highest BCUT2D eigenvalue weighted by molar-refractivity contribution is 7.92. The number of amides is 1. The number of carbonyl (C=O) groups is 1. The molecule has 1 atom stereocenters. The van der Waals surface area contributed by atoms with Crippen LogP contribution in [0.25, 0.3) is 0 Å². The summed E-state index contributed by atoms with van der Waals surface area (Å²) in [5.41, 5.74) is 3.45. The third-order valence-electron chi connectivity index (χ3n) is 5.27. The van der Waals surface area contributed by atoms with E-state index >= 15 is 0 Å². The minimum Gasteiger partial charge on any atom is -0.496 e. The summed E-state index contributed by atoms with van der Waals surface area (Å²) in [6.07, 6.45) is 1.79. The number of hydrogen-bond donors (Lipinski definition) is 1. The Morgan fingerprint density at radius 1 is 1.13 bits per heavy atom. The lowest BCUT2D eigenvalue weighted by molar-refractivity contribution is -0.120. The van der Waals surface area contributed by atoms with Crippen LogP contribution in [0.1, 0.15) is 56.8 Å². The first kappa shape index (κ1) is 24.7. The predicted octanol–water partition coefficient (Wildman–Crippen LogP) is 4.33. The van der Waals surface area contributed by atoms with E-state index in [9.17, 15) is 13.2 Å². The normalized spacial score (nSPS) is 12.9. The summed E-state index contributed by atoms with van der Waals surface area (Å²) in [5.74, 6) is 0.428. The third kappa shape index (κ3) is 6.47. The lowest BCUT2D eigenvalue weighted by Crippen LogP contribution is -2.41. The summed E-state index contributed by atoms with van der Waals surface area (Å²) in [7, 11) is -2.01. The molecule has 0 spiro atoms. The van der Waals surface area contributed by atoms with Crippen LogP contribution in [0.5, 0.6) is 5.75 Å². The summed E-state index contributed by atoms with van der Waals surface area (Å²) in [6, 6.07) is 12.9. The van der Waals surface area contributed by atoms with E-state index in [0.29, 0.717) is 12.1 Å². The Hall–Kier alpha value is -2.54. The smallest absolute Gasteiger partial charge is 0.241 e. The number of hydrogen-bond acceptors (Lipinski definition) is 4. The SMILES string of the molecule is CC[C@H](NC(=O)CN(c1ccc(C(C)(C)C)cc1)S(C)(=O)=O)c1ccc(OC)c(C)c1. The minimum absolute atomic E-state index is 0.0450. The number of aryl methyl sites for hydroxylation is 1. The zero-order chi connectivity index (χ0) is 23.4. The summed E-state index contributed by atoms with van der Waals surface area (Å²) in [4.78, 5) is 12.8. The standard InChI is InChI=1S/C24H34N2O4S/c1-8-21(18-9-14-22(30-6)17(2)15-18)25-23(27)16-26(31(7,28)29)20-12-10-19(11-13-20)24(3,4)5/h9-15,21H,8,16H2,1-7H3,(H,25,27)/t21-/m0/s1. The highest BCUT2D eigenvalue weighted by Gasteiger charge is 2.23. The first-order valence-corrected chi connectivity index (χ1v) is 12.2. The molecule has 31 heavy (non-hydrogen) atoms. The molecule has 1 N–H and O–H groups in total. The fraction of sp³-hybridized carbons (Fsp3) is 0.458. The molecule has 0 aliphatic rings. The van der Waals surface area contributed by atoms with Crippen molar-refractivity contribution < 1.29 is 17.9 Å². The van der Waals surface area contributed by atoms with Crippen LogP contribution >= 0.6 is 0 Å². The number of nitrogens with one attached hydrogen (secondary N) is 1. The molecule has 1 amide bonds. The van der Waals surface area contributed by atoms with E-state index in [-0.39, 0.29) is 23.9 Å². The maximum Gasteiger partial charge on any atom is 0.241 e. The van der Waals surface area contributed by atoms with Crippen molar-refractivity contribution in [1.29, 1.82) is 0 Å². The van der Waals surface area contributed by atoms with Crippen molar-refractivity contribution in [2.75, 3.05) is 24.2 Å². The lowest BCUT2D eigenvalue weighted by atomic mass is 9.87. The van der Waals surface area contributed by atoms with Crippen molar-refractivity contribution in [3.05, 3.63) is 59.2 Å². The number of sulfonamides is 1. The number of anilines is 1. The summed E-state index contributed by atoms with van der Waals surface area (Å²) in [5, 5.41) is 2.97. The second-order valence-electron chi connectivity index (χ2n) is 8.82. The Kier molecular flexibility index (Phi) is 7.76. The molecule has 0 heterocycles. The predicted molar refractivity (Wildman–Crippen MR) is 126 cm³/mol. The van der Waals surface area contributed by atoms with Gasteiger partial charge in [0.05, 0.1) is 25.1 Å². The first-order valence-electron chi connectivity index (χ1n) is 10.4. The van der Waals surface area contributed by atoms with Crippen molar-refractivity contribution in [3.8, 4) is 5.75 Å². The summed E-state index contributed by atoms with van der Waals surface area (Å²) < 4.78 is 31.3. The van der Waals surface area contributed by atoms with Crippen LogP contribution in [0.4, 0.5) is 5.69 Å². The van der Waals surface area contributed by atoms with E-state index in [0.717, 1.165) is 33.0 Å². The van der Waals surface area contributed by atoms with E-state index in [1.54, 1.807) is 19.2 Å². The van der Waals surface area contributed by atoms with Crippen LogP contribution in [0.15, 0.2) is 42.5 Å². The molecular formula is C24H34N2O4S. The van der Waals surface area contributed by atoms with Gasteiger partial charge in [-0.2, -0.15) is 0 Å². The highest BCUT2D eigenvalue weighted by atomic mass is 32.2. The molecule has 0 fully saturated rings. The van der Waals surface area contributed by atoms with E-state index in [1.165, 1.54) is 0 Å². The second-order valence-corrected chi connectivity index (χ2v) is 10.7. The molecule has 2 rings (SSSR count). The molecule has 6 nitrogen and oxygen atoms in total. The molecular weight excluding hydrogens is 412 g/mol. The van der Waals surface area contributed by atoms with Crippen LogP contribution in [-0.2, 0) is 20.2 Å². The maximum absolute atomic E-state index is 12.8. The summed E-state index contributed by atoms with van der Waals surface area (Å²) in [6.45, 7) is 9.92. The first-order chi connectivity index (χ1) is 14.4.